The van der Waals surface area contributed by atoms with Gasteiger partial charge in [0.15, 0.2) is 5.76 Å². The molecule has 0 bridgehead atoms. The van der Waals surface area contributed by atoms with E-state index in [2.05, 4.69) is 5.32 Å². The summed E-state index contributed by atoms with van der Waals surface area (Å²) in [5.41, 5.74) is 1.38. The number of furan rings is 1. The number of aryl methyl sites for hydroxylation is 1. The predicted molar refractivity (Wildman–Crippen MR) is 105 cm³/mol. The van der Waals surface area contributed by atoms with E-state index in [1.165, 1.54) is 40.7 Å². The maximum atomic E-state index is 13.0. The summed E-state index contributed by atoms with van der Waals surface area (Å²) in [7, 11) is -3.62. The van der Waals surface area contributed by atoms with Gasteiger partial charge in [-0.05, 0) is 49.4 Å². The normalized spacial score (nSPS) is 11.9. The number of hydrogen-bond acceptors (Lipinski definition) is 4. The highest BCUT2D eigenvalue weighted by atomic mass is 32.2. The molecule has 3 rings (SSSR count). The second kappa shape index (κ2) is 7.73. The molecule has 6 nitrogen and oxygen atoms in total. The van der Waals surface area contributed by atoms with Crippen molar-refractivity contribution in [2.24, 2.45) is 0 Å². The average molecular weight is 404 g/mol. The number of amides is 1. The second-order valence-electron chi connectivity index (χ2n) is 6.26. The molecule has 2 aromatic carbocycles. The van der Waals surface area contributed by atoms with Crippen LogP contribution in [-0.4, -0.2) is 31.7 Å². The molecule has 0 aliphatic carbocycles. The first kappa shape index (κ1) is 20.0. The van der Waals surface area contributed by atoms with Crippen LogP contribution in [0.4, 0.5) is 10.1 Å². The van der Waals surface area contributed by atoms with Gasteiger partial charge in [0, 0.05) is 29.7 Å². The molecular formula is C20H21FN2O4S. The molecule has 0 aliphatic heterocycles. The standard InChI is InChI=1S/C20H21FN2O4S/c1-4-23(5-2)28(25,26)16-10-11-18-17(12-16)13(3)19(27-18)20(24)22-15-8-6-14(21)7-9-15/h6-12H,4-5H2,1-3H3,(H,22,24). The van der Waals surface area contributed by atoms with Gasteiger partial charge < -0.3 is 9.73 Å². The zero-order chi connectivity index (χ0) is 20.5. The summed E-state index contributed by atoms with van der Waals surface area (Å²) in [6.45, 7) is 5.99. The quantitative estimate of drug-likeness (QED) is 0.669. The van der Waals surface area contributed by atoms with Crippen LogP contribution in [0.15, 0.2) is 51.8 Å². The van der Waals surface area contributed by atoms with Gasteiger partial charge in [-0.1, -0.05) is 13.8 Å². The first-order valence-corrected chi connectivity index (χ1v) is 10.3. The minimum atomic E-state index is -3.62. The number of halogens is 1. The Bertz CT molecular complexity index is 1120. The highest BCUT2D eigenvalue weighted by molar-refractivity contribution is 7.89. The van der Waals surface area contributed by atoms with E-state index in [4.69, 9.17) is 4.42 Å². The third-order valence-corrected chi connectivity index (χ3v) is 6.61. The van der Waals surface area contributed by atoms with Crippen molar-refractivity contribution in [3.05, 3.63) is 59.6 Å². The van der Waals surface area contributed by atoms with Gasteiger partial charge in [0.1, 0.15) is 11.4 Å². The van der Waals surface area contributed by atoms with E-state index in [0.29, 0.717) is 35.3 Å². The van der Waals surface area contributed by atoms with Crippen LogP contribution in [0.5, 0.6) is 0 Å². The maximum Gasteiger partial charge on any atom is 0.291 e. The molecule has 1 aromatic heterocycles. The van der Waals surface area contributed by atoms with Crippen molar-refractivity contribution in [3.8, 4) is 0 Å². The Balaban J connectivity index is 1.97. The molecule has 0 spiro atoms. The van der Waals surface area contributed by atoms with Gasteiger partial charge in [-0.25, -0.2) is 12.8 Å². The zero-order valence-corrected chi connectivity index (χ0v) is 16.6. The zero-order valence-electron chi connectivity index (χ0n) is 15.8. The van der Waals surface area contributed by atoms with Crippen molar-refractivity contribution in [1.29, 1.82) is 0 Å². The Labute approximate surface area is 163 Å². The fraction of sp³-hybridized carbons (Fsp3) is 0.250. The molecule has 0 atom stereocenters. The Kier molecular flexibility index (Phi) is 5.53. The van der Waals surface area contributed by atoms with Crippen LogP contribution in [0.1, 0.15) is 30.0 Å². The molecule has 1 amide bonds. The predicted octanol–water partition coefficient (Wildman–Crippen LogP) is 4.16. The smallest absolute Gasteiger partial charge is 0.291 e. The number of benzene rings is 2. The van der Waals surface area contributed by atoms with E-state index in [9.17, 15) is 17.6 Å². The van der Waals surface area contributed by atoms with E-state index in [-0.39, 0.29) is 10.7 Å². The minimum Gasteiger partial charge on any atom is -0.451 e. The Morgan fingerprint density at radius 1 is 1.11 bits per heavy atom. The van der Waals surface area contributed by atoms with Crippen LogP contribution in [0.25, 0.3) is 11.0 Å². The van der Waals surface area contributed by atoms with Gasteiger partial charge in [-0.2, -0.15) is 4.31 Å². The van der Waals surface area contributed by atoms with Crippen LogP contribution < -0.4 is 5.32 Å². The Hall–Kier alpha value is -2.71. The van der Waals surface area contributed by atoms with Gasteiger partial charge in [0.05, 0.1) is 4.90 Å². The number of carbonyl (C=O) groups is 1. The summed E-state index contributed by atoms with van der Waals surface area (Å²) in [6.07, 6.45) is 0. The third kappa shape index (κ3) is 3.65. The van der Waals surface area contributed by atoms with Crippen LogP contribution in [0.2, 0.25) is 0 Å². The fourth-order valence-corrected chi connectivity index (χ4v) is 4.50. The Morgan fingerprint density at radius 2 is 1.75 bits per heavy atom. The van der Waals surface area contributed by atoms with E-state index >= 15 is 0 Å². The lowest BCUT2D eigenvalue weighted by molar-refractivity contribution is 0.0998. The fourth-order valence-electron chi connectivity index (χ4n) is 3.01. The number of anilines is 1. The van der Waals surface area contributed by atoms with Crippen molar-refractivity contribution in [2.75, 3.05) is 18.4 Å². The van der Waals surface area contributed by atoms with E-state index < -0.39 is 21.7 Å². The summed E-state index contributed by atoms with van der Waals surface area (Å²) in [5.74, 6) is -0.815. The molecule has 0 aliphatic rings. The highest BCUT2D eigenvalue weighted by Crippen LogP contribution is 2.29. The summed E-state index contributed by atoms with van der Waals surface area (Å²) in [5, 5.41) is 3.20. The van der Waals surface area contributed by atoms with Crippen molar-refractivity contribution < 1.29 is 22.0 Å². The topological polar surface area (TPSA) is 79.6 Å². The van der Waals surface area contributed by atoms with Crippen molar-refractivity contribution >= 4 is 32.6 Å². The largest absolute Gasteiger partial charge is 0.451 e. The molecule has 0 saturated carbocycles. The summed E-state index contributed by atoms with van der Waals surface area (Å²) in [6, 6.07) is 9.92. The first-order valence-electron chi connectivity index (χ1n) is 8.88. The number of sulfonamides is 1. The van der Waals surface area contributed by atoms with Gasteiger partial charge >= 0.3 is 0 Å². The van der Waals surface area contributed by atoms with Gasteiger partial charge in [0.25, 0.3) is 5.91 Å². The average Bonchev–Trinajstić information content (AvgIpc) is 3.01. The molecule has 0 radical (unpaired) electrons. The lowest BCUT2D eigenvalue weighted by Crippen LogP contribution is -2.30. The summed E-state index contributed by atoms with van der Waals surface area (Å²) in [4.78, 5) is 12.7. The van der Waals surface area contributed by atoms with Crippen molar-refractivity contribution in [3.63, 3.8) is 0 Å². The van der Waals surface area contributed by atoms with Crippen LogP contribution >= 0.6 is 0 Å². The molecule has 0 saturated heterocycles. The van der Waals surface area contributed by atoms with Crippen LogP contribution in [0.3, 0.4) is 0 Å². The summed E-state index contributed by atoms with van der Waals surface area (Å²) >= 11 is 0. The number of rotatable bonds is 6. The van der Waals surface area contributed by atoms with Crippen molar-refractivity contribution in [1.82, 2.24) is 4.31 Å². The number of nitrogens with one attached hydrogen (secondary N) is 1. The number of hydrogen-bond donors (Lipinski definition) is 1. The van der Waals surface area contributed by atoms with Crippen LogP contribution in [-0.2, 0) is 10.0 Å². The lowest BCUT2D eigenvalue weighted by atomic mass is 10.1. The second-order valence-corrected chi connectivity index (χ2v) is 8.20. The van der Waals surface area contributed by atoms with Crippen molar-refractivity contribution in [2.45, 2.75) is 25.7 Å². The molecule has 3 aromatic rings. The van der Waals surface area contributed by atoms with E-state index in [1.807, 2.05) is 0 Å². The molecule has 0 fully saturated rings. The van der Waals surface area contributed by atoms with E-state index in [0.717, 1.165) is 0 Å². The number of fused-ring (bicyclic) bond motifs is 1. The molecule has 148 valence electrons. The summed E-state index contributed by atoms with van der Waals surface area (Å²) < 4.78 is 45.5. The highest BCUT2D eigenvalue weighted by Gasteiger charge is 2.24. The third-order valence-electron chi connectivity index (χ3n) is 4.56. The van der Waals surface area contributed by atoms with Gasteiger partial charge in [-0.3, -0.25) is 4.79 Å². The van der Waals surface area contributed by atoms with Gasteiger partial charge in [0.2, 0.25) is 10.0 Å². The number of carbonyl (C=O) groups excluding carboxylic acids is 1. The SMILES string of the molecule is CCN(CC)S(=O)(=O)c1ccc2oc(C(=O)Nc3ccc(F)cc3)c(C)c2c1. The van der Waals surface area contributed by atoms with E-state index in [1.54, 1.807) is 26.8 Å². The van der Waals surface area contributed by atoms with Gasteiger partial charge in [-0.15, -0.1) is 0 Å². The number of nitrogens with zero attached hydrogens (tertiary/aromatic N) is 1. The molecule has 1 N–H and O–H groups in total. The minimum absolute atomic E-state index is 0.0803. The molecule has 8 heteroatoms. The molecule has 28 heavy (non-hydrogen) atoms. The molecule has 0 unspecified atom stereocenters. The first-order chi connectivity index (χ1) is 13.3. The van der Waals surface area contributed by atoms with Crippen LogP contribution in [0, 0.1) is 12.7 Å². The maximum absolute atomic E-state index is 13.0. The Morgan fingerprint density at radius 3 is 2.36 bits per heavy atom. The monoisotopic (exact) mass is 404 g/mol. The molecular weight excluding hydrogens is 383 g/mol. The lowest BCUT2D eigenvalue weighted by Gasteiger charge is -2.18. The molecule has 1 heterocycles.